The molecule has 6 nitrogen and oxygen atoms in total. The van der Waals surface area contributed by atoms with Crippen LogP contribution in [0.2, 0.25) is 0 Å². The van der Waals surface area contributed by atoms with E-state index in [1.807, 2.05) is 0 Å². The van der Waals surface area contributed by atoms with Crippen LogP contribution in [-0.4, -0.2) is 37.2 Å². The first kappa shape index (κ1) is 53.6. The molecule has 1 atom stereocenters. The molecule has 0 aliphatic rings. The second-order valence-electron chi connectivity index (χ2n) is 16.0. The number of ether oxygens (including phenoxy) is 3. The molecule has 0 saturated heterocycles. The standard InChI is InChI=1S/C50H90O6/c1-4-7-10-13-16-19-21-23-25-27-28-31-34-37-40-43-49(52)55-46-47(45-54-48(51)42-39-36-33-30-18-15-12-9-6-3)56-50(53)44-41-38-35-32-29-26-24-22-20-17-14-11-8-5-2/h16,19,21,23,30,33,47H,4-15,17-18,20,22,24-29,31-32,34-46H2,1-3H3/b19-16-,23-21-,33-30-. The SMILES string of the molecule is CCCCC/C=C\C=C/CCCCCCCCC(=O)OCC(COC(=O)CCC/C=C\CCCCCC)OC(=O)CCCCCCCCCCCCCCCC. The fraction of sp³-hybridized carbons (Fsp3) is 0.820. The molecule has 0 N–H and O–H groups in total. The summed E-state index contributed by atoms with van der Waals surface area (Å²) in [7, 11) is 0. The Morgan fingerprint density at radius 3 is 1.12 bits per heavy atom. The third-order valence-electron chi connectivity index (χ3n) is 10.4. The highest BCUT2D eigenvalue weighted by molar-refractivity contribution is 5.71. The first-order valence-electron chi connectivity index (χ1n) is 24.0. The third kappa shape index (κ3) is 42.8. The molecule has 0 heterocycles. The molecule has 0 bridgehead atoms. The van der Waals surface area contributed by atoms with Crippen molar-refractivity contribution in [1.29, 1.82) is 0 Å². The van der Waals surface area contributed by atoms with Crippen LogP contribution in [0.5, 0.6) is 0 Å². The van der Waals surface area contributed by atoms with Gasteiger partial charge < -0.3 is 14.2 Å². The van der Waals surface area contributed by atoms with Gasteiger partial charge in [0.25, 0.3) is 0 Å². The van der Waals surface area contributed by atoms with Crippen LogP contribution in [-0.2, 0) is 28.6 Å². The van der Waals surface area contributed by atoms with Crippen LogP contribution in [0.15, 0.2) is 36.5 Å². The van der Waals surface area contributed by atoms with Gasteiger partial charge in [0.15, 0.2) is 6.10 Å². The minimum absolute atomic E-state index is 0.0845. The highest BCUT2D eigenvalue weighted by Gasteiger charge is 2.19. The van der Waals surface area contributed by atoms with E-state index in [0.717, 1.165) is 64.2 Å². The average molecular weight is 787 g/mol. The molecule has 0 spiro atoms. The normalized spacial score (nSPS) is 12.3. The lowest BCUT2D eigenvalue weighted by atomic mass is 10.0. The van der Waals surface area contributed by atoms with Crippen molar-refractivity contribution in [2.24, 2.45) is 0 Å². The zero-order valence-corrected chi connectivity index (χ0v) is 37.2. The monoisotopic (exact) mass is 787 g/mol. The molecule has 0 amide bonds. The zero-order valence-electron chi connectivity index (χ0n) is 37.2. The minimum atomic E-state index is -0.782. The molecule has 56 heavy (non-hydrogen) atoms. The van der Waals surface area contributed by atoms with Gasteiger partial charge in [-0.05, 0) is 64.2 Å². The maximum atomic E-state index is 12.7. The number of hydrogen-bond acceptors (Lipinski definition) is 6. The van der Waals surface area contributed by atoms with E-state index in [1.165, 1.54) is 141 Å². The molecule has 0 aliphatic carbocycles. The van der Waals surface area contributed by atoms with Crippen LogP contribution in [0.4, 0.5) is 0 Å². The Hall–Kier alpha value is -2.37. The fourth-order valence-electron chi connectivity index (χ4n) is 6.73. The lowest BCUT2D eigenvalue weighted by molar-refractivity contribution is -0.167. The minimum Gasteiger partial charge on any atom is -0.462 e. The molecular weight excluding hydrogens is 697 g/mol. The lowest BCUT2D eigenvalue weighted by Crippen LogP contribution is -2.30. The first-order chi connectivity index (χ1) is 27.5. The van der Waals surface area contributed by atoms with Crippen molar-refractivity contribution in [1.82, 2.24) is 0 Å². The molecule has 0 saturated carbocycles. The second-order valence-corrected chi connectivity index (χ2v) is 16.0. The van der Waals surface area contributed by atoms with Crippen molar-refractivity contribution >= 4 is 17.9 Å². The van der Waals surface area contributed by atoms with Gasteiger partial charge in [0, 0.05) is 19.3 Å². The van der Waals surface area contributed by atoms with Gasteiger partial charge in [0.1, 0.15) is 13.2 Å². The van der Waals surface area contributed by atoms with Gasteiger partial charge in [-0.15, -0.1) is 0 Å². The highest BCUT2D eigenvalue weighted by Crippen LogP contribution is 2.15. The van der Waals surface area contributed by atoms with E-state index < -0.39 is 6.10 Å². The molecule has 0 fully saturated rings. The molecule has 0 aromatic carbocycles. The Morgan fingerprint density at radius 1 is 0.357 bits per heavy atom. The van der Waals surface area contributed by atoms with Crippen LogP contribution in [0.25, 0.3) is 0 Å². The fourth-order valence-corrected chi connectivity index (χ4v) is 6.73. The van der Waals surface area contributed by atoms with Gasteiger partial charge in [0.05, 0.1) is 0 Å². The quantitative estimate of drug-likeness (QED) is 0.0201. The summed E-state index contributed by atoms with van der Waals surface area (Å²) in [6, 6.07) is 0. The van der Waals surface area contributed by atoms with E-state index in [1.54, 1.807) is 0 Å². The molecule has 1 unspecified atom stereocenters. The molecule has 326 valence electrons. The zero-order chi connectivity index (χ0) is 40.8. The summed E-state index contributed by atoms with van der Waals surface area (Å²) in [5.41, 5.74) is 0. The topological polar surface area (TPSA) is 78.9 Å². The van der Waals surface area contributed by atoms with Crippen molar-refractivity contribution in [3.05, 3.63) is 36.5 Å². The Bertz CT molecular complexity index is 953. The number of carbonyl (C=O) groups excluding carboxylic acids is 3. The van der Waals surface area contributed by atoms with Crippen molar-refractivity contribution in [3.8, 4) is 0 Å². The maximum absolute atomic E-state index is 12.7. The van der Waals surface area contributed by atoms with Crippen LogP contribution in [0, 0.1) is 0 Å². The summed E-state index contributed by atoms with van der Waals surface area (Å²) >= 11 is 0. The summed E-state index contributed by atoms with van der Waals surface area (Å²) in [5.74, 6) is -0.926. The van der Waals surface area contributed by atoms with Gasteiger partial charge in [-0.2, -0.15) is 0 Å². The van der Waals surface area contributed by atoms with Gasteiger partial charge >= 0.3 is 17.9 Å². The van der Waals surface area contributed by atoms with Crippen LogP contribution >= 0.6 is 0 Å². The summed E-state index contributed by atoms with van der Waals surface area (Å²) in [6.07, 6.45) is 51.3. The molecule has 0 rings (SSSR count). The van der Waals surface area contributed by atoms with E-state index >= 15 is 0 Å². The van der Waals surface area contributed by atoms with E-state index in [-0.39, 0.29) is 31.1 Å². The summed E-state index contributed by atoms with van der Waals surface area (Å²) < 4.78 is 16.7. The Balaban J connectivity index is 4.36. The van der Waals surface area contributed by atoms with Gasteiger partial charge in [-0.25, -0.2) is 0 Å². The molecule has 0 aromatic rings. The number of carbonyl (C=O) groups is 3. The smallest absolute Gasteiger partial charge is 0.306 e. The largest absolute Gasteiger partial charge is 0.462 e. The van der Waals surface area contributed by atoms with Crippen LogP contribution in [0.1, 0.15) is 245 Å². The Kier molecular flexibility index (Phi) is 43.4. The Labute approximate surface area is 346 Å². The molecule has 0 radical (unpaired) electrons. The van der Waals surface area contributed by atoms with E-state index in [2.05, 4.69) is 57.2 Å². The van der Waals surface area contributed by atoms with E-state index in [0.29, 0.717) is 19.3 Å². The number of rotatable bonds is 43. The first-order valence-corrected chi connectivity index (χ1v) is 24.0. The highest BCUT2D eigenvalue weighted by atomic mass is 16.6. The van der Waals surface area contributed by atoms with E-state index in [4.69, 9.17) is 14.2 Å². The predicted octanol–water partition coefficient (Wildman–Crippen LogP) is 15.4. The van der Waals surface area contributed by atoms with Gasteiger partial charge in [-0.1, -0.05) is 198 Å². The summed E-state index contributed by atoms with van der Waals surface area (Å²) in [5, 5.41) is 0. The number of unbranched alkanes of at least 4 members (excludes halogenated alkanes) is 27. The number of esters is 3. The van der Waals surface area contributed by atoms with Crippen molar-refractivity contribution < 1.29 is 28.6 Å². The second kappa shape index (κ2) is 45.3. The van der Waals surface area contributed by atoms with E-state index in [9.17, 15) is 14.4 Å². The van der Waals surface area contributed by atoms with Gasteiger partial charge in [0.2, 0.25) is 0 Å². The third-order valence-corrected chi connectivity index (χ3v) is 10.4. The summed E-state index contributed by atoms with van der Waals surface area (Å²) in [4.78, 5) is 37.7. The molecular formula is C50H90O6. The Morgan fingerprint density at radius 2 is 0.661 bits per heavy atom. The number of allylic oxidation sites excluding steroid dienone is 6. The molecule has 6 heteroatoms. The molecule has 0 aliphatic heterocycles. The molecule has 0 aromatic heterocycles. The maximum Gasteiger partial charge on any atom is 0.306 e. The average Bonchev–Trinajstić information content (AvgIpc) is 3.19. The number of hydrogen-bond donors (Lipinski definition) is 0. The predicted molar refractivity (Wildman–Crippen MR) is 238 cm³/mol. The van der Waals surface area contributed by atoms with Crippen molar-refractivity contribution in [3.63, 3.8) is 0 Å². The summed E-state index contributed by atoms with van der Waals surface area (Å²) in [6.45, 7) is 6.54. The van der Waals surface area contributed by atoms with Crippen molar-refractivity contribution in [2.45, 2.75) is 252 Å². The van der Waals surface area contributed by atoms with Crippen LogP contribution in [0.3, 0.4) is 0 Å². The van der Waals surface area contributed by atoms with Gasteiger partial charge in [-0.3, -0.25) is 14.4 Å². The lowest BCUT2D eigenvalue weighted by Gasteiger charge is -2.18. The van der Waals surface area contributed by atoms with Crippen molar-refractivity contribution in [2.75, 3.05) is 13.2 Å². The van der Waals surface area contributed by atoms with Crippen LogP contribution < -0.4 is 0 Å².